The predicted molar refractivity (Wildman–Crippen MR) is 109 cm³/mol. The van der Waals surface area contributed by atoms with Crippen LogP contribution in [-0.4, -0.2) is 19.7 Å². The third-order valence-electron chi connectivity index (χ3n) is 4.62. The van der Waals surface area contributed by atoms with Crippen molar-refractivity contribution in [3.8, 4) is 0 Å². The van der Waals surface area contributed by atoms with Crippen molar-refractivity contribution in [1.29, 1.82) is 0 Å². The monoisotopic (exact) mass is 484 g/mol. The first-order valence-electron chi connectivity index (χ1n) is 8.74. The standard InChI is InChI=1S/C19H25BrF4N2OS/c1-17(2,3)10-26-9-12(11-6-7-14(20)15(21)16(11)26)13(19(22,23)24)8-18(4,5)28(25)27/h6-7,9,13H,8,10,25H2,1-5H3/t13-,28?/m0/s1. The van der Waals surface area contributed by atoms with Gasteiger partial charge in [-0.1, -0.05) is 26.8 Å². The number of hydrogen-bond donors (Lipinski definition) is 1. The van der Waals surface area contributed by atoms with E-state index in [1.54, 1.807) is 0 Å². The van der Waals surface area contributed by atoms with Gasteiger partial charge in [-0.25, -0.2) is 8.60 Å². The first kappa shape index (κ1) is 23.3. The molecule has 0 radical (unpaired) electrons. The maximum Gasteiger partial charge on any atom is 0.395 e. The highest BCUT2D eigenvalue weighted by Gasteiger charge is 2.46. The molecule has 0 aliphatic carbocycles. The molecule has 1 unspecified atom stereocenters. The molecule has 2 atom stereocenters. The van der Waals surface area contributed by atoms with E-state index in [0.717, 1.165) is 0 Å². The van der Waals surface area contributed by atoms with Gasteiger partial charge < -0.3 is 4.57 Å². The molecule has 1 aromatic carbocycles. The third kappa shape index (κ3) is 4.97. The number of halogens is 5. The van der Waals surface area contributed by atoms with Crippen molar-refractivity contribution in [3.05, 3.63) is 34.2 Å². The van der Waals surface area contributed by atoms with Crippen LogP contribution in [0.3, 0.4) is 0 Å². The van der Waals surface area contributed by atoms with Crippen LogP contribution in [0.4, 0.5) is 17.6 Å². The Morgan fingerprint density at radius 1 is 1.18 bits per heavy atom. The van der Waals surface area contributed by atoms with E-state index in [9.17, 15) is 21.8 Å². The normalized spacial score (nSPS) is 15.8. The van der Waals surface area contributed by atoms with Crippen LogP contribution in [0.5, 0.6) is 0 Å². The predicted octanol–water partition coefficient (Wildman–Crippen LogP) is 6.03. The van der Waals surface area contributed by atoms with E-state index in [0.29, 0.717) is 6.54 Å². The Morgan fingerprint density at radius 3 is 2.21 bits per heavy atom. The SMILES string of the molecule is CC(C)(C)Cn1cc([C@H](CC(C)(C)S(N)=O)C(F)(F)F)c2ccc(Br)c(F)c21. The summed E-state index contributed by atoms with van der Waals surface area (Å²) in [5.74, 6) is -2.52. The second kappa shape index (κ2) is 7.72. The van der Waals surface area contributed by atoms with Crippen LogP contribution in [0.25, 0.3) is 10.9 Å². The molecule has 28 heavy (non-hydrogen) atoms. The summed E-state index contributed by atoms with van der Waals surface area (Å²) in [4.78, 5) is 0. The van der Waals surface area contributed by atoms with Gasteiger partial charge in [0, 0.05) is 18.1 Å². The van der Waals surface area contributed by atoms with Gasteiger partial charge in [-0.2, -0.15) is 13.2 Å². The molecule has 0 fully saturated rings. The van der Waals surface area contributed by atoms with Crippen LogP contribution in [-0.2, 0) is 17.5 Å². The van der Waals surface area contributed by atoms with E-state index >= 15 is 0 Å². The lowest BCUT2D eigenvalue weighted by Crippen LogP contribution is -2.37. The summed E-state index contributed by atoms with van der Waals surface area (Å²) in [7, 11) is -1.94. The number of fused-ring (bicyclic) bond motifs is 1. The zero-order valence-electron chi connectivity index (χ0n) is 16.5. The van der Waals surface area contributed by atoms with E-state index in [1.807, 2.05) is 20.8 Å². The van der Waals surface area contributed by atoms with Crippen LogP contribution in [0.15, 0.2) is 22.8 Å². The number of alkyl halides is 3. The minimum absolute atomic E-state index is 0.0309. The molecule has 0 bridgehead atoms. The molecular formula is C19H25BrF4N2OS. The Morgan fingerprint density at radius 2 is 1.75 bits per heavy atom. The van der Waals surface area contributed by atoms with Crippen LogP contribution >= 0.6 is 15.9 Å². The van der Waals surface area contributed by atoms with E-state index < -0.39 is 40.1 Å². The zero-order valence-corrected chi connectivity index (χ0v) is 18.9. The lowest BCUT2D eigenvalue weighted by Gasteiger charge is -2.29. The van der Waals surface area contributed by atoms with Crippen molar-refractivity contribution in [2.24, 2.45) is 10.6 Å². The summed E-state index contributed by atoms with van der Waals surface area (Å²) in [5, 5.41) is 5.62. The van der Waals surface area contributed by atoms with Gasteiger partial charge in [0.25, 0.3) is 0 Å². The Balaban J connectivity index is 2.75. The van der Waals surface area contributed by atoms with Crippen LogP contribution in [0.2, 0.25) is 0 Å². The van der Waals surface area contributed by atoms with Gasteiger partial charge in [0.15, 0.2) is 5.82 Å². The smallest absolute Gasteiger partial charge is 0.344 e. The summed E-state index contributed by atoms with van der Waals surface area (Å²) in [5.41, 5.74) is -0.180. The second-order valence-corrected chi connectivity index (χ2v) is 11.4. The number of nitrogens with zero attached hydrogens (tertiary/aromatic N) is 1. The van der Waals surface area contributed by atoms with E-state index in [2.05, 4.69) is 15.9 Å². The Kier molecular flexibility index (Phi) is 6.44. The first-order valence-corrected chi connectivity index (χ1v) is 10.7. The summed E-state index contributed by atoms with van der Waals surface area (Å²) in [6.45, 7) is 9.00. The Labute approximate surface area is 173 Å². The fraction of sp³-hybridized carbons (Fsp3) is 0.579. The molecule has 0 amide bonds. The fourth-order valence-electron chi connectivity index (χ4n) is 3.24. The zero-order chi connectivity index (χ0) is 21.7. The molecule has 2 rings (SSSR count). The molecule has 158 valence electrons. The van der Waals surface area contributed by atoms with Gasteiger partial charge in [-0.15, -0.1) is 0 Å². The molecule has 0 spiro atoms. The molecule has 9 heteroatoms. The van der Waals surface area contributed by atoms with Crippen molar-refractivity contribution in [1.82, 2.24) is 4.57 Å². The highest BCUT2D eigenvalue weighted by molar-refractivity contribution is 9.10. The number of hydrogen-bond acceptors (Lipinski definition) is 1. The average molecular weight is 485 g/mol. The van der Waals surface area contributed by atoms with Crippen LogP contribution in [0, 0.1) is 11.2 Å². The van der Waals surface area contributed by atoms with Crippen molar-refractivity contribution >= 4 is 37.8 Å². The van der Waals surface area contributed by atoms with E-state index in [-0.39, 0.29) is 26.4 Å². The van der Waals surface area contributed by atoms with Gasteiger partial charge in [0.1, 0.15) is 0 Å². The topological polar surface area (TPSA) is 48.0 Å². The van der Waals surface area contributed by atoms with Gasteiger partial charge in [0.05, 0.1) is 31.6 Å². The number of benzene rings is 1. The van der Waals surface area contributed by atoms with Gasteiger partial charge in [-0.05, 0) is 53.2 Å². The maximum atomic E-state index is 14.9. The second-order valence-electron chi connectivity index (χ2n) is 8.89. The minimum Gasteiger partial charge on any atom is -0.344 e. The van der Waals surface area contributed by atoms with Gasteiger partial charge >= 0.3 is 6.18 Å². The average Bonchev–Trinajstić information content (AvgIpc) is 2.84. The highest BCUT2D eigenvalue weighted by atomic mass is 79.9. The summed E-state index contributed by atoms with van der Waals surface area (Å²) in [6, 6.07) is 2.89. The van der Waals surface area contributed by atoms with E-state index in [1.165, 1.54) is 36.7 Å². The maximum absolute atomic E-state index is 14.9. The van der Waals surface area contributed by atoms with Crippen LogP contribution < -0.4 is 5.14 Å². The molecule has 2 N–H and O–H groups in total. The molecule has 1 aromatic heterocycles. The van der Waals surface area contributed by atoms with Gasteiger partial charge in [-0.3, -0.25) is 5.14 Å². The molecule has 0 aliphatic rings. The summed E-state index contributed by atoms with van der Waals surface area (Å²) < 4.78 is 69.1. The largest absolute Gasteiger partial charge is 0.395 e. The quantitative estimate of drug-likeness (QED) is 0.517. The number of nitrogens with two attached hydrogens (primary N) is 1. The Bertz CT molecular complexity index is 900. The minimum atomic E-state index is -4.60. The number of rotatable bonds is 5. The summed E-state index contributed by atoms with van der Waals surface area (Å²) >= 11 is 3.12. The molecular weight excluding hydrogens is 460 g/mol. The third-order valence-corrected chi connectivity index (χ3v) is 6.49. The molecule has 0 aliphatic heterocycles. The highest BCUT2D eigenvalue weighted by Crippen LogP contribution is 2.45. The van der Waals surface area contributed by atoms with E-state index in [4.69, 9.17) is 5.14 Å². The van der Waals surface area contributed by atoms with Crippen molar-refractivity contribution < 1.29 is 21.8 Å². The molecule has 3 nitrogen and oxygen atoms in total. The molecule has 0 saturated heterocycles. The van der Waals surface area contributed by atoms with Crippen molar-refractivity contribution in [2.45, 2.75) is 64.4 Å². The van der Waals surface area contributed by atoms with Crippen molar-refractivity contribution in [2.75, 3.05) is 0 Å². The number of aromatic nitrogens is 1. The molecule has 1 heterocycles. The Hall–Kier alpha value is -0.930. The lowest BCUT2D eigenvalue weighted by molar-refractivity contribution is -0.152. The molecule has 0 saturated carbocycles. The van der Waals surface area contributed by atoms with Gasteiger partial charge in [0.2, 0.25) is 0 Å². The molecule has 2 aromatic rings. The van der Waals surface area contributed by atoms with Crippen LogP contribution in [0.1, 0.15) is 52.5 Å². The summed E-state index contributed by atoms with van der Waals surface area (Å²) in [6.07, 6.45) is -3.69. The first-order chi connectivity index (χ1) is 12.5. The fourth-order valence-corrected chi connectivity index (χ4v) is 3.90. The van der Waals surface area contributed by atoms with Crippen molar-refractivity contribution in [3.63, 3.8) is 0 Å². The lowest BCUT2D eigenvalue weighted by atomic mass is 9.89.